The summed E-state index contributed by atoms with van der Waals surface area (Å²) in [5, 5.41) is 0. The van der Waals surface area contributed by atoms with Gasteiger partial charge in [0.2, 0.25) is 0 Å². The fourth-order valence-electron chi connectivity index (χ4n) is 4.50. The highest BCUT2D eigenvalue weighted by molar-refractivity contribution is 5.71. The van der Waals surface area contributed by atoms with E-state index in [1.165, 1.54) is 5.56 Å². The molecule has 4 aromatic rings. The lowest BCUT2D eigenvalue weighted by Gasteiger charge is -2.32. The van der Waals surface area contributed by atoms with Gasteiger partial charge in [-0.15, -0.1) is 0 Å². The van der Waals surface area contributed by atoms with Crippen LogP contribution in [-0.2, 0) is 12.8 Å². The molecule has 5 rings (SSSR count). The Kier molecular flexibility index (Phi) is 5.94. The summed E-state index contributed by atoms with van der Waals surface area (Å²) in [5.41, 5.74) is 3.39. The van der Waals surface area contributed by atoms with Crippen molar-refractivity contribution >= 4 is 17.2 Å². The molecular formula is C26H28N4O. The number of furan rings is 1. The first-order valence-electron chi connectivity index (χ1n) is 11.1. The third-order valence-electron chi connectivity index (χ3n) is 6.11. The van der Waals surface area contributed by atoms with Crippen LogP contribution in [0.5, 0.6) is 0 Å². The molecule has 0 atom stereocenters. The third kappa shape index (κ3) is 4.62. The monoisotopic (exact) mass is 412 g/mol. The summed E-state index contributed by atoms with van der Waals surface area (Å²) in [6.45, 7) is 3.12. The van der Waals surface area contributed by atoms with Crippen molar-refractivity contribution in [1.82, 2.24) is 19.4 Å². The first-order valence-corrected chi connectivity index (χ1v) is 11.1. The molecule has 1 aliphatic heterocycles. The van der Waals surface area contributed by atoms with Crippen molar-refractivity contribution in [3.63, 3.8) is 0 Å². The van der Waals surface area contributed by atoms with E-state index in [0.29, 0.717) is 6.04 Å². The summed E-state index contributed by atoms with van der Waals surface area (Å²) in [6.07, 6.45) is 12.0. The van der Waals surface area contributed by atoms with Crippen molar-refractivity contribution in [3.05, 3.63) is 90.3 Å². The van der Waals surface area contributed by atoms with Gasteiger partial charge in [-0.3, -0.25) is 4.90 Å². The molecule has 31 heavy (non-hydrogen) atoms. The summed E-state index contributed by atoms with van der Waals surface area (Å²) in [6, 6.07) is 19.1. The SMILES string of the molecule is C(=Cc1ccco1)CN1CCC(n2c(CCc3ccccc3)nc3cccnc32)CC1. The molecule has 5 heteroatoms. The van der Waals surface area contributed by atoms with Gasteiger partial charge >= 0.3 is 0 Å². The van der Waals surface area contributed by atoms with Gasteiger partial charge in [-0.1, -0.05) is 36.4 Å². The number of nitrogens with zero attached hydrogens (tertiary/aromatic N) is 4. The zero-order chi connectivity index (χ0) is 20.9. The number of aromatic nitrogens is 3. The minimum atomic E-state index is 0.455. The van der Waals surface area contributed by atoms with E-state index in [-0.39, 0.29) is 0 Å². The molecule has 0 N–H and O–H groups in total. The Labute approximate surface area is 183 Å². The molecule has 0 aliphatic carbocycles. The van der Waals surface area contributed by atoms with Gasteiger partial charge in [-0.2, -0.15) is 0 Å². The maximum absolute atomic E-state index is 5.38. The number of hydrogen-bond donors (Lipinski definition) is 0. The van der Waals surface area contributed by atoms with Crippen molar-refractivity contribution < 1.29 is 4.42 Å². The Morgan fingerprint density at radius 1 is 0.968 bits per heavy atom. The van der Waals surface area contributed by atoms with E-state index in [1.807, 2.05) is 24.4 Å². The van der Waals surface area contributed by atoms with Crippen molar-refractivity contribution in [3.8, 4) is 0 Å². The summed E-state index contributed by atoms with van der Waals surface area (Å²) in [7, 11) is 0. The Morgan fingerprint density at radius 3 is 2.65 bits per heavy atom. The number of imidazole rings is 1. The lowest BCUT2D eigenvalue weighted by Crippen LogP contribution is -2.35. The van der Waals surface area contributed by atoms with Crippen molar-refractivity contribution in [2.45, 2.75) is 31.7 Å². The molecule has 1 fully saturated rings. The van der Waals surface area contributed by atoms with E-state index >= 15 is 0 Å². The molecular weight excluding hydrogens is 384 g/mol. The van der Waals surface area contributed by atoms with Crippen LogP contribution in [0.15, 0.2) is 77.6 Å². The first kappa shape index (κ1) is 19.8. The highest BCUT2D eigenvalue weighted by atomic mass is 16.3. The quantitative estimate of drug-likeness (QED) is 0.421. The van der Waals surface area contributed by atoms with E-state index in [2.05, 4.69) is 58.0 Å². The largest absolute Gasteiger partial charge is 0.465 e. The summed E-state index contributed by atoms with van der Waals surface area (Å²) < 4.78 is 7.80. The molecule has 5 nitrogen and oxygen atoms in total. The topological polar surface area (TPSA) is 47.1 Å². The lowest BCUT2D eigenvalue weighted by molar-refractivity contribution is 0.203. The van der Waals surface area contributed by atoms with Gasteiger partial charge in [0.1, 0.15) is 17.1 Å². The van der Waals surface area contributed by atoms with E-state index in [9.17, 15) is 0 Å². The second-order valence-corrected chi connectivity index (χ2v) is 8.18. The third-order valence-corrected chi connectivity index (χ3v) is 6.11. The van der Waals surface area contributed by atoms with Crippen LogP contribution in [0.1, 0.15) is 36.0 Å². The minimum absolute atomic E-state index is 0.455. The highest BCUT2D eigenvalue weighted by Gasteiger charge is 2.24. The maximum atomic E-state index is 5.38. The Hall–Kier alpha value is -3.18. The fraction of sp³-hybridized carbons (Fsp3) is 0.308. The summed E-state index contributed by atoms with van der Waals surface area (Å²) >= 11 is 0. The van der Waals surface area contributed by atoms with Gasteiger partial charge in [0.05, 0.1) is 6.26 Å². The van der Waals surface area contributed by atoms with E-state index in [0.717, 1.165) is 68.1 Å². The van der Waals surface area contributed by atoms with Gasteiger partial charge < -0.3 is 8.98 Å². The smallest absolute Gasteiger partial charge is 0.160 e. The normalized spacial score (nSPS) is 15.9. The molecule has 0 saturated carbocycles. The van der Waals surface area contributed by atoms with Gasteiger partial charge in [0, 0.05) is 38.3 Å². The molecule has 1 saturated heterocycles. The summed E-state index contributed by atoms with van der Waals surface area (Å²) in [5.74, 6) is 2.07. The zero-order valence-corrected chi connectivity index (χ0v) is 17.7. The minimum Gasteiger partial charge on any atom is -0.465 e. The van der Waals surface area contributed by atoms with Crippen LogP contribution < -0.4 is 0 Å². The van der Waals surface area contributed by atoms with Gasteiger partial charge in [0.25, 0.3) is 0 Å². The van der Waals surface area contributed by atoms with Crippen LogP contribution in [0.25, 0.3) is 17.2 Å². The molecule has 1 aromatic carbocycles. The molecule has 1 aliphatic rings. The van der Waals surface area contributed by atoms with E-state index in [1.54, 1.807) is 6.26 Å². The molecule has 4 heterocycles. The van der Waals surface area contributed by atoms with Gasteiger partial charge in [-0.05, 0) is 55.2 Å². The van der Waals surface area contributed by atoms with Gasteiger partial charge in [0.15, 0.2) is 5.65 Å². The Balaban J connectivity index is 1.28. The molecule has 158 valence electrons. The average Bonchev–Trinajstić information content (AvgIpc) is 3.46. The molecule has 0 radical (unpaired) electrons. The zero-order valence-electron chi connectivity index (χ0n) is 17.7. The van der Waals surface area contributed by atoms with Crippen LogP contribution >= 0.6 is 0 Å². The molecule has 0 spiro atoms. The Bertz CT molecular complexity index is 1120. The molecule has 0 bridgehead atoms. The number of hydrogen-bond acceptors (Lipinski definition) is 4. The Morgan fingerprint density at radius 2 is 1.84 bits per heavy atom. The molecule has 0 unspecified atom stereocenters. The average molecular weight is 413 g/mol. The number of rotatable bonds is 7. The highest BCUT2D eigenvalue weighted by Crippen LogP contribution is 2.28. The maximum Gasteiger partial charge on any atom is 0.160 e. The summed E-state index contributed by atoms with van der Waals surface area (Å²) in [4.78, 5) is 12.2. The predicted octanol–water partition coefficient (Wildman–Crippen LogP) is 5.16. The first-order chi connectivity index (χ1) is 15.4. The van der Waals surface area contributed by atoms with Crippen LogP contribution in [0.2, 0.25) is 0 Å². The number of aryl methyl sites for hydroxylation is 2. The number of piperidine rings is 1. The van der Waals surface area contributed by atoms with Crippen molar-refractivity contribution in [1.29, 1.82) is 0 Å². The second kappa shape index (κ2) is 9.31. The number of likely N-dealkylation sites (tertiary alicyclic amines) is 1. The standard InChI is InChI=1S/C26H28N4O/c1-2-7-21(8-3-1)12-13-25-28-24-11-4-16-27-26(24)30(25)22-14-18-29(19-15-22)17-5-9-23-10-6-20-31-23/h1-11,16,20,22H,12-15,17-19H2. The lowest BCUT2D eigenvalue weighted by atomic mass is 10.0. The predicted molar refractivity (Wildman–Crippen MR) is 124 cm³/mol. The van der Waals surface area contributed by atoms with Crippen molar-refractivity contribution in [2.24, 2.45) is 0 Å². The number of fused-ring (bicyclic) bond motifs is 1. The second-order valence-electron chi connectivity index (χ2n) is 8.18. The number of pyridine rings is 1. The number of benzene rings is 1. The van der Waals surface area contributed by atoms with E-state index < -0.39 is 0 Å². The fourth-order valence-corrected chi connectivity index (χ4v) is 4.50. The van der Waals surface area contributed by atoms with E-state index in [4.69, 9.17) is 14.4 Å². The van der Waals surface area contributed by atoms with Gasteiger partial charge in [-0.25, -0.2) is 9.97 Å². The van der Waals surface area contributed by atoms with Crippen LogP contribution in [0.3, 0.4) is 0 Å². The molecule has 3 aromatic heterocycles. The van der Waals surface area contributed by atoms with Crippen molar-refractivity contribution in [2.75, 3.05) is 19.6 Å². The van der Waals surface area contributed by atoms with Crippen LogP contribution in [-0.4, -0.2) is 39.1 Å². The van der Waals surface area contributed by atoms with Crippen LogP contribution in [0, 0.1) is 0 Å². The molecule has 0 amide bonds. The van der Waals surface area contributed by atoms with Crippen LogP contribution in [0.4, 0.5) is 0 Å².